The highest BCUT2D eigenvalue weighted by molar-refractivity contribution is 5.41. The van der Waals surface area contributed by atoms with Crippen molar-refractivity contribution in [3.8, 4) is 11.6 Å². The fourth-order valence-corrected chi connectivity index (χ4v) is 2.05. The van der Waals surface area contributed by atoms with Crippen molar-refractivity contribution in [3.05, 3.63) is 53.2 Å². The summed E-state index contributed by atoms with van der Waals surface area (Å²) in [6.07, 6.45) is 1.75. The van der Waals surface area contributed by atoms with Crippen LogP contribution in [-0.4, -0.2) is 4.98 Å². The molecule has 0 spiro atoms. The number of hydrogen-bond donors (Lipinski definition) is 1. The highest BCUT2D eigenvalue weighted by Crippen LogP contribution is 2.31. The lowest BCUT2D eigenvalue weighted by Gasteiger charge is -2.15. The third kappa shape index (κ3) is 2.93. The van der Waals surface area contributed by atoms with Crippen LogP contribution < -0.4 is 10.5 Å². The van der Waals surface area contributed by atoms with E-state index in [1.807, 2.05) is 31.2 Å². The van der Waals surface area contributed by atoms with Gasteiger partial charge in [-0.05, 0) is 36.1 Å². The summed E-state index contributed by atoms with van der Waals surface area (Å²) in [5.74, 6) is 1.86. The predicted octanol–water partition coefficient (Wildman–Crippen LogP) is 3.76. The van der Waals surface area contributed by atoms with E-state index in [4.69, 9.17) is 10.5 Å². The van der Waals surface area contributed by atoms with E-state index < -0.39 is 0 Å². The first-order chi connectivity index (χ1) is 9.13. The molecule has 2 aromatic rings. The molecule has 0 aliphatic carbocycles. The number of ether oxygens (including phenoxy) is 1. The van der Waals surface area contributed by atoms with Gasteiger partial charge in [-0.1, -0.05) is 32.0 Å². The van der Waals surface area contributed by atoms with Gasteiger partial charge in [0.05, 0.1) is 0 Å². The summed E-state index contributed by atoms with van der Waals surface area (Å²) in [4.78, 5) is 4.30. The van der Waals surface area contributed by atoms with Crippen molar-refractivity contribution in [1.82, 2.24) is 4.98 Å². The van der Waals surface area contributed by atoms with Gasteiger partial charge in [0, 0.05) is 18.3 Å². The van der Waals surface area contributed by atoms with Gasteiger partial charge in [0.2, 0.25) is 5.88 Å². The van der Waals surface area contributed by atoms with Crippen LogP contribution in [0.5, 0.6) is 11.6 Å². The first-order valence-corrected chi connectivity index (χ1v) is 6.54. The van der Waals surface area contributed by atoms with Crippen LogP contribution in [-0.2, 0) is 6.54 Å². The highest BCUT2D eigenvalue weighted by atomic mass is 16.5. The van der Waals surface area contributed by atoms with Gasteiger partial charge in [0.15, 0.2) is 0 Å². The molecule has 0 fully saturated rings. The zero-order valence-electron chi connectivity index (χ0n) is 11.7. The maximum atomic E-state index is 5.98. The third-order valence-corrected chi connectivity index (χ3v) is 3.20. The van der Waals surface area contributed by atoms with Gasteiger partial charge in [-0.25, -0.2) is 4.98 Å². The van der Waals surface area contributed by atoms with E-state index in [-0.39, 0.29) is 0 Å². The summed E-state index contributed by atoms with van der Waals surface area (Å²) in [6, 6.07) is 10.00. The number of aromatic nitrogens is 1. The molecule has 0 amide bonds. The minimum Gasteiger partial charge on any atom is -0.438 e. The van der Waals surface area contributed by atoms with Gasteiger partial charge < -0.3 is 10.5 Å². The summed E-state index contributed by atoms with van der Waals surface area (Å²) < 4.78 is 5.98. The lowest BCUT2D eigenvalue weighted by atomic mass is 10.0. The van der Waals surface area contributed by atoms with Gasteiger partial charge >= 0.3 is 0 Å². The van der Waals surface area contributed by atoms with Gasteiger partial charge in [-0.15, -0.1) is 0 Å². The monoisotopic (exact) mass is 256 g/mol. The molecular weight excluding hydrogens is 236 g/mol. The Morgan fingerprint density at radius 1 is 1.21 bits per heavy atom. The molecule has 0 aliphatic rings. The molecule has 1 aromatic carbocycles. The minimum atomic E-state index is 0.405. The van der Waals surface area contributed by atoms with Crippen molar-refractivity contribution < 1.29 is 4.74 Å². The van der Waals surface area contributed by atoms with Crippen molar-refractivity contribution in [2.75, 3.05) is 0 Å². The average molecular weight is 256 g/mol. The number of benzene rings is 1. The van der Waals surface area contributed by atoms with Crippen molar-refractivity contribution in [3.63, 3.8) is 0 Å². The molecule has 2 rings (SSSR count). The molecule has 0 radical (unpaired) electrons. The van der Waals surface area contributed by atoms with Crippen molar-refractivity contribution in [2.24, 2.45) is 5.73 Å². The van der Waals surface area contributed by atoms with Crippen LogP contribution in [0.25, 0.3) is 0 Å². The lowest BCUT2D eigenvalue weighted by molar-refractivity contribution is 0.447. The largest absolute Gasteiger partial charge is 0.438 e. The first kappa shape index (κ1) is 13.6. The zero-order valence-corrected chi connectivity index (χ0v) is 11.7. The van der Waals surface area contributed by atoms with Crippen LogP contribution in [0, 0.1) is 6.92 Å². The van der Waals surface area contributed by atoms with E-state index in [1.54, 1.807) is 6.20 Å². The molecule has 0 bridgehead atoms. The Bertz CT molecular complexity index is 564. The van der Waals surface area contributed by atoms with E-state index in [0.717, 1.165) is 16.9 Å². The number of nitrogens with zero attached hydrogens (tertiary/aromatic N) is 1. The summed E-state index contributed by atoms with van der Waals surface area (Å²) in [5.41, 5.74) is 9.02. The number of hydrogen-bond acceptors (Lipinski definition) is 3. The lowest BCUT2D eigenvalue weighted by Crippen LogP contribution is -2.04. The molecule has 0 saturated heterocycles. The molecule has 0 saturated carbocycles. The number of rotatable bonds is 4. The minimum absolute atomic E-state index is 0.405. The summed E-state index contributed by atoms with van der Waals surface area (Å²) in [7, 11) is 0. The average Bonchev–Trinajstić information content (AvgIpc) is 2.39. The molecule has 0 unspecified atom stereocenters. The van der Waals surface area contributed by atoms with E-state index in [9.17, 15) is 0 Å². The SMILES string of the molecule is Cc1ccnc(Oc2ccccc2C(C)C)c1CN. The molecular formula is C16H20N2O. The number of pyridine rings is 1. The number of nitrogens with two attached hydrogens (primary N) is 1. The smallest absolute Gasteiger partial charge is 0.223 e. The maximum absolute atomic E-state index is 5.98. The van der Waals surface area contributed by atoms with Crippen LogP contribution in [0.1, 0.15) is 36.5 Å². The topological polar surface area (TPSA) is 48.1 Å². The molecule has 0 aliphatic heterocycles. The molecule has 3 nitrogen and oxygen atoms in total. The number of aryl methyl sites for hydroxylation is 1. The van der Waals surface area contributed by atoms with Crippen LogP contribution >= 0.6 is 0 Å². The van der Waals surface area contributed by atoms with Crippen molar-refractivity contribution in [2.45, 2.75) is 33.2 Å². The normalized spacial score (nSPS) is 10.8. The van der Waals surface area contributed by atoms with Gasteiger partial charge in [0.25, 0.3) is 0 Å². The van der Waals surface area contributed by atoms with E-state index in [2.05, 4.69) is 24.9 Å². The Kier molecular flexibility index (Phi) is 4.17. The summed E-state index contributed by atoms with van der Waals surface area (Å²) >= 11 is 0. The standard InChI is InChI=1S/C16H20N2O/c1-11(2)13-6-4-5-7-15(13)19-16-14(10-17)12(3)8-9-18-16/h4-9,11H,10,17H2,1-3H3. The first-order valence-electron chi connectivity index (χ1n) is 6.54. The molecule has 0 atom stereocenters. The van der Waals surface area contributed by atoms with Crippen molar-refractivity contribution >= 4 is 0 Å². The number of para-hydroxylation sites is 1. The van der Waals surface area contributed by atoms with Crippen LogP contribution in [0.3, 0.4) is 0 Å². The highest BCUT2D eigenvalue weighted by Gasteiger charge is 2.12. The van der Waals surface area contributed by atoms with Crippen LogP contribution in [0.4, 0.5) is 0 Å². The van der Waals surface area contributed by atoms with E-state index in [0.29, 0.717) is 18.3 Å². The fraction of sp³-hybridized carbons (Fsp3) is 0.312. The second-order valence-electron chi connectivity index (χ2n) is 4.91. The molecule has 100 valence electrons. The quantitative estimate of drug-likeness (QED) is 0.906. The zero-order chi connectivity index (χ0) is 13.8. The van der Waals surface area contributed by atoms with Gasteiger partial charge in [0.1, 0.15) is 5.75 Å². The Labute approximate surface area is 114 Å². The molecule has 1 aromatic heterocycles. The molecule has 19 heavy (non-hydrogen) atoms. The third-order valence-electron chi connectivity index (χ3n) is 3.20. The Morgan fingerprint density at radius 3 is 2.63 bits per heavy atom. The van der Waals surface area contributed by atoms with Crippen LogP contribution in [0.2, 0.25) is 0 Å². The maximum Gasteiger partial charge on any atom is 0.223 e. The molecule has 1 heterocycles. The second-order valence-corrected chi connectivity index (χ2v) is 4.91. The second kappa shape index (κ2) is 5.85. The Balaban J connectivity index is 2.39. The van der Waals surface area contributed by atoms with Crippen LogP contribution in [0.15, 0.2) is 36.5 Å². The van der Waals surface area contributed by atoms with Gasteiger partial charge in [-0.3, -0.25) is 0 Å². The van der Waals surface area contributed by atoms with E-state index in [1.165, 1.54) is 5.56 Å². The summed E-state index contributed by atoms with van der Waals surface area (Å²) in [5, 5.41) is 0. The van der Waals surface area contributed by atoms with Gasteiger partial charge in [-0.2, -0.15) is 0 Å². The summed E-state index contributed by atoms with van der Waals surface area (Å²) in [6.45, 7) is 6.75. The Hall–Kier alpha value is -1.87. The fourth-order valence-electron chi connectivity index (χ4n) is 2.05. The van der Waals surface area contributed by atoms with E-state index >= 15 is 0 Å². The van der Waals surface area contributed by atoms with Crippen molar-refractivity contribution in [1.29, 1.82) is 0 Å². The molecule has 3 heteroatoms. The Morgan fingerprint density at radius 2 is 1.95 bits per heavy atom. The predicted molar refractivity (Wildman–Crippen MR) is 77.5 cm³/mol. The molecule has 2 N–H and O–H groups in total.